The van der Waals surface area contributed by atoms with Crippen molar-refractivity contribution in [2.45, 2.75) is 103 Å². The van der Waals surface area contributed by atoms with E-state index in [2.05, 4.69) is 67.1 Å². The Labute approximate surface area is 419 Å². The number of halogens is 6. The molecule has 3 aromatic heterocycles. The van der Waals surface area contributed by atoms with E-state index in [9.17, 15) is 40.7 Å². The fraction of sp³-hybridized carbons (Fsp3) is 0.542. The summed E-state index contributed by atoms with van der Waals surface area (Å²) in [6.07, 6.45) is 2.65. The van der Waals surface area contributed by atoms with Gasteiger partial charge in [0.2, 0.25) is 23.7 Å². The maximum atomic E-state index is 13.7. The lowest BCUT2D eigenvalue weighted by Gasteiger charge is -2.43. The zero-order valence-electron chi connectivity index (χ0n) is 41.0. The van der Waals surface area contributed by atoms with Crippen molar-refractivity contribution in [3.05, 3.63) is 77.0 Å². The summed E-state index contributed by atoms with van der Waals surface area (Å²) in [6, 6.07) is 5.89. The molecule has 1 aromatic carbocycles. The molecule has 24 heteroatoms. The zero-order chi connectivity index (χ0) is 51.9. The van der Waals surface area contributed by atoms with E-state index in [-0.39, 0.29) is 47.6 Å². The Hall–Kier alpha value is -5.85. The highest BCUT2D eigenvalue weighted by molar-refractivity contribution is 7.94. The SMILES string of the molecule is C/C=C/c1nc(N)ncc1C(F)(F)F.CC.CC1CC(CN2CCN(c3ccc4c(c3)CN(C3CCC(=O)NC3=O)C4=O)CC2)CCN1SN1CCC(Nc2ncc(C(F)(F)F)c(-c3cnn(C)c3)n2)CC1. The minimum absolute atomic E-state index is 0.0659. The van der Waals surface area contributed by atoms with Gasteiger partial charge in [0.1, 0.15) is 11.6 Å². The summed E-state index contributed by atoms with van der Waals surface area (Å²) in [5.41, 5.74) is 6.00. The van der Waals surface area contributed by atoms with Gasteiger partial charge >= 0.3 is 12.4 Å². The molecule has 0 aliphatic carbocycles. The number of fused-ring (bicyclic) bond motifs is 1. The van der Waals surface area contributed by atoms with Gasteiger partial charge < -0.3 is 20.9 Å². The number of rotatable bonds is 10. The Morgan fingerprint density at radius 2 is 1.60 bits per heavy atom. The van der Waals surface area contributed by atoms with Gasteiger partial charge in [0, 0.05) is 132 Å². The lowest BCUT2D eigenvalue weighted by Crippen LogP contribution is -2.52. The number of benzene rings is 1. The Balaban J connectivity index is 0.000000409. The molecular weight excluding hydrogens is 967 g/mol. The molecule has 8 heterocycles. The molecule has 0 saturated carbocycles. The number of nitrogens with zero attached hydrogens (tertiary/aromatic N) is 11. The number of aromatic nitrogens is 6. The second-order valence-corrected chi connectivity index (χ2v) is 19.4. The Morgan fingerprint density at radius 3 is 2.24 bits per heavy atom. The molecule has 17 nitrogen and oxygen atoms in total. The first kappa shape index (κ1) is 53.9. The van der Waals surface area contributed by atoms with Crippen molar-refractivity contribution in [2.75, 3.05) is 68.3 Å². The normalized spacial score (nSPS) is 21.8. The van der Waals surface area contributed by atoms with Crippen molar-refractivity contribution < 1.29 is 40.7 Å². The van der Waals surface area contributed by atoms with Gasteiger partial charge in [-0.05, 0) is 81.7 Å². The van der Waals surface area contributed by atoms with Crippen LogP contribution in [-0.2, 0) is 35.5 Å². The summed E-state index contributed by atoms with van der Waals surface area (Å²) in [7, 11) is 1.66. The summed E-state index contributed by atoms with van der Waals surface area (Å²) >= 11 is 1.82. The summed E-state index contributed by atoms with van der Waals surface area (Å²) < 4.78 is 84.6. The molecule has 4 N–H and O–H groups in total. The molecule has 4 fully saturated rings. The number of anilines is 3. The number of nitrogen functional groups attached to an aromatic ring is 1. The highest BCUT2D eigenvalue weighted by atomic mass is 32.2. The van der Waals surface area contributed by atoms with Crippen molar-refractivity contribution >= 4 is 53.5 Å². The molecule has 3 unspecified atom stereocenters. The molecule has 4 aromatic rings. The van der Waals surface area contributed by atoms with Gasteiger partial charge in [-0.25, -0.2) is 28.5 Å². The molecule has 72 heavy (non-hydrogen) atoms. The first-order valence-corrected chi connectivity index (χ1v) is 25.0. The van der Waals surface area contributed by atoms with Crippen LogP contribution in [-0.4, -0.2) is 136 Å². The molecule has 3 atom stereocenters. The molecule has 4 saturated heterocycles. The highest BCUT2D eigenvalue weighted by Gasteiger charge is 2.40. The number of carbonyl (C=O) groups is 3. The predicted molar refractivity (Wildman–Crippen MR) is 263 cm³/mol. The third-order valence-corrected chi connectivity index (χ3v) is 14.6. The van der Waals surface area contributed by atoms with Gasteiger partial charge in [0.25, 0.3) is 5.91 Å². The van der Waals surface area contributed by atoms with Crippen LogP contribution in [0.5, 0.6) is 0 Å². The second-order valence-electron chi connectivity index (χ2n) is 18.2. The third kappa shape index (κ3) is 13.2. The van der Waals surface area contributed by atoms with Crippen molar-refractivity contribution in [3.8, 4) is 11.3 Å². The minimum atomic E-state index is -4.57. The number of alkyl halides is 6. The maximum Gasteiger partial charge on any atom is 0.419 e. The monoisotopic (exact) mass is 1030 g/mol. The molecule has 5 aliphatic rings. The first-order chi connectivity index (χ1) is 34.3. The first-order valence-electron chi connectivity index (χ1n) is 24.3. The number of piperidine rings is 3. The smallest absolute Gasteiger partial charge is 0.369 e. The van der Waals surface area contributed by atoms with Crippen LogP contribution >= 0.6 is 12.1 Å². The number of carbonyl (C=O) groups excluding carboxylic acids is 3. The lowest BCUT2D eigenvalue weighted by molar-refractivity contribution is -0.138. The number of nitrogens with one attached hydrogen (secondary N) is 2. The van der Waals surface area contributed by atoms with Crippen molar-refractivity contribution in [2.24, 2.45) is 13.0 Å². The molecular formula is C48H62F6N14O3S. The standard InChI is InChI=1S/C38H48F3N11O3S.C8H8F3N3.C2H6/c1-24-17-25(21-48-13-15-49(16-14-48)29-3-4-30-26(18-29)23-51(36(30)55)32-5-6-33(53)45-35(32)54)7-12-52(24)56-50-10-8-28(9-11-50)44-37-42-20-31(38(39,40)41)34(46-37)27-19-43-47(2)22-27;1-2-3-6-5(8(9,10)11)4-13-7(12)14-6;1-2/h3-4,18-20,22,24-25,28,32H,5-17,21,23H2,1-2H3,(H,42,44,46)(H,45,53,54);2-4H,1H3,(H2,12,13,14);1-2H3/b;3-2+;. The predicted octanol–water partition coefficient (Wildman–Crippen LogP) is 7.16. The summed E-state index contributed by atoms with van der Waals surface area (Å²) in [5.74, 6) is -0.168. The van der Waals surface area contributed by atoms with Crippen LogP contribution in [0, 0.1) is 5.92 Å². The van der Waals surface area contributed by atoms with E-state index in [0.29, 0.717) is 42.2 Å². The highest BCUT2D eigenvalue weighted by Crippen LogP contribution is 2.38. The van der Waals surface area contributed by atoms with Crippen LogP contribution in [0.1, 0.15) is 99.0 Å². The topological polar surface area (TPSA) is 187 Å². The molecule has 0 bridgehead atoms. The van der Waals surface area contributed by atoms with E-state index in [1.165, 1.54) is 29.2 Å². The maximum absolute atomic E-state index is 13.7. The van der Waals surface area contributed by atoms with E-state index in [0.717, 1.165) is 95.5 Å². The molecule has 0 radical (unpaired) electrons. The molecule has 5 aliphatic heterocycles. The molecule has 0 spiro atoms. The van der Waals surface area contributed by atoms with Gasteiger partial charge in [0.05, 0.1) is 23.1 Å². The number of amides is 3. The van der Waals surface area contributed by atoms with Crippen molar-refractivity contribution in [3.63, 3.8) is 0 Å². The molecule has 390 valence electrons. The zero-order valence-corrected chi connectivity index (χ0v) is 41.8. The van der Waals surface area contributed by atoms with Crippen LogP contribution in [0.15, 0.2) is 49.1 Å². The minimum Gasteiger partial charge on any atom is -0.369 e. The number of allylic oxidation sites excluding steroid dienone is 1. The van der Waals surface area contributed by atoms with Gasteiger partial charge in [-0.1, -0.05) is 19.9 Å². The molecule has 3 amide bonds. The van der Waals surface area contributed by atoms with E-state index < -0.39 is 35.4 Å². The Morgan fingerprint density at radius 1 is 0.889 bits per heavy atom. The summed E-state index contributed by atoms with van der Waals surface area (Å²) in [4.78, 5) is 58.8. The van der Waals surface area contributed by atoms with Crippen LogP contribution in [0.25, 0.3) is 17.3 Å². The average Bonchev–Trinajstić information content (AvgIpc) is 3.92. The van der Waals surface area contributed by atoms with Gasteiger partial charge in [-0.2, -0.15) is 31.4 Å². The summed E-state index contributed by atoms with van der Waals surface area (Å²) in [5, 5.41) is 9.67. The van der Waals surface area contributed by atoms with Crippen LogP contribution < -0.4 is 21.3 Å². The van der Waals surface area contributed by atoms with Gasteiger partial charge in [-0.15, -0.1) is 0 Å². The Bertz CT molecular complexity index is 2560. The van der Waals surface area contributed by atoms with E-state index >= 15 is 0 Å². The van der Waals surface area contributed by atoms with Crippen LogP contribution in [0.2, 0.25) is 0 Å². The third-order valence-electron chi connectivity index (χ3n) is 13.2. The van der Waals surface area contributed by atoms with E-state index in [4.69, 9.17) is 5.73 Å². The van der Waals surface area contributed by atoms with Crippen LogP contribution in [0.3, 0.4) is 0 Å². The average molecular weight is 1030 g/mol. The fourth-order valence-corrected chi connectivity index (χ4v) is 10.7. The van der Waals surface area contributed by atoms with Crippen molar-refractivity contribution in [1.82, 2.24) is 53.4 Å². The quantitative estimate of drug-likeness (QED) is 0.0825. The number of hydrogen-bond acceptors (Lipinski definition) is 15. The van der Waals surface area contributed by atoms with Crippen molar-refractivity contribution in [1.29, 1.82) is 0 Å². The second kappa shape index (κ2) is 23.4. The number of nitrogens with two attached hydrogens (primary N) is 1. The van der Waals surface area contributed by atoms with Crippen LogP contribution in [0.4, 0.5) is 43.9 Å². The van der Waals surface area contributed by atoms with E-state index in [1.807, 2.05) is 38.1 Å². The number of imide groups is 1. The number of hydrogen-bond donors (Lipinski definition) is 3. The van der Waals surface area contributed by atoms with E-state index in [1.54, 1.807) is 18.9 Å². The van der Waals surface area contributed by atoms with Gasteiger partial charge in [-0.3, -0.25) is 29.3 Å². The Kier molecular flexibility index (Phi) is 17.5. The lowest BCUT2D eigenvalue weighted by atomic mass is 9.92. The molecule has 9 rings (SSSR count). The fourth-order valence-electron chi connectivity index (χ4n) is 9.59. The van der Waals surface area contributed by atoms with Gasteiger partial charge in [0.15, 0.2) is 0 Å². The number of piperazine rings is 1. The summed E-state index contributed by atoms with van der Waals surface area (Å²) in [6.45, 7) is 15.9. The number of aryl methyl sites for hydroxylation is 1. The largest absolute Gasteiger partial charge is 0.419 e.